The number of amides is 1. The van der Waals surface area contributed by atoms with Crippen LogP contribution in [0.1, 0.15) is 22.0 Å². The van der Waals surface area contributed by atoms with Crippen molar-refractivity contribution in [2.24, 2.45) is 0 Å². The highest BCUT2D eigenvalue weighted by atomic mass is 16.3. The summed E-state index contributed by atoms with van der Waals surface area (Å²) < 4.78 is 0. The van der Waals surface area contributed by atoms with E-state index in [0.717, 1.165) is 5.56 Å². The number of nitrogen functional groups attached to an aromatic ring is 1. The molecule has 0 bridgehead atoms. The van der Waals surface area contributed by atoms with Crippen LogP contribution in [0.3, 0.4) is 0 Å². The molecule has 0 radical (unpaired) electrons. The zero-order chi connectivity index (χ0) is 13.7. The summed E-state index contributed by atoms with van der Waals surface area (Å²) in [7, 11) is 0. The third kappa shape index (κ3) is 3.56. The molecule has 0 aliphatic rings. The van der Waals surface area contributed by atoms with E-state index in [1.165, 1.54) is 0 Å². The Hall–Kier alpha value is -2.33. The predicted octanol–water partition coefficient (Wildman–Crippen LogP) is 1.73. The molecule has 0 aliphatic carbocycles. The number of anilines is 1. The molecule has 98 valence electrons. The maximum Gasteiger partial charge on any atom is 0.251 e. The molecule has 4 heteroatoms. The van der Waals surface area contributed by atoms with Crippen molar-refractivity contribution in [3.63, 3.8) is 0 Å². The van der Waals surface area contributed by atoms with Crippen molar-refractivity contribution in [1.29, 1.82) is 0 Å². The first-order valence-electron chi connectivity index (χ1n) is 6.03. The molecule has 2 aromatic rings. The number of aliphatic hydroxyl groups excluding tert-OH is 1. The summed E-state index contributed by atoms with van der Waals surface area (Å²) >= 11 is 0. The molecule has 4 nitrogen and oxygen atoms in total. The van der Waals surface area contributed by atoms with Crippen molar-refractivity contribution in [1.82, 2.24) is 5.32 Å². The van der Waals surface area contributed by atoms with Crippen LogP contribution in [0, 0.1) is 0 Å². The maximum absolute atomic E-state index is 11.9. The monoisotopic (exact) mass is 256 g/mol. The van der Waals surface area contributed by atoms with Crippen LogP contribution in [-0.2, 0) is 0 Å². The molecule has 1 atom stereocenters. The van der Waals surface area contributed by atoms with Gasteiger partial charge in [-0.3, -0.25) is 4.79 Å². The van der Waals surface area contributed by atoms with Gasteiger partial charge < -0.3 is 16.2 Å². The molecule has 0 spiro atoms. The van der Waals surface area contributed by atoms with Gasteiger partial charge in [-0.1, -0.05) is 36.4 Å². The van der Waals surface area contributed by atoms with Crippen LogP contribution in [0.15, 0.2) is 54.6 Å². The van der Waals surface area contributed by atoms with Gasteiger partial charge in [-0.25, -0.2) is 0 Å². The second-order valence-corrected chi connectivity index (χ2v) is 4.26. The van der Waals surface area contributed by atoms with Crippen molar-refractivity contribution in [3.8, 4) is 0 Å². The Labute approximate surface area is 111 Å². The molecule has 0 heterocycles. The van der Waals surface area contributed by atoms with E-state index in [2.05, 4.69) is 5.32 Å². The Balaban J connectivity index is 1.94. The van der Waals surface area contributed by atoms with Gasteiger partial charge in [0.15, 0.2) is 0 Å². The largest absolute Gasteiger partial charge is 0.399 e. The summed E-state index contributed by atoms with van der Waals surface area (Å²) in [5.41, 5.74) is 7.41. The van der Waals surface area contributed by atoms with Crippen LogP contribution in [0.25, 0.3) is 0 Å². The molecule has 0 saturated carbocycles. The maximum atomic E-state index is 11.9. The number of benzene rings is 2. The number of aliphatic hydroxyl groups is 1. The predicted molar refractivity (Wildman–Crippen MR) is 74.6 cm³/mol. The summed E-state index contributed by atoms with van der Waals surface area (Å²) in [5, 5.41) is 12.6. The lowest BCUT2D eigenvalue weighted by molar-refractivity contribution is 0.0916. The van der Waals surface area contributed by atoms with Crippen molar-refractivity contribution < 1.29 is 9.90 Å². The Morgan fingerprint density at radius 3 is 2.58 bits per heavy atom. The van der Waals surface area contributed by atoms with Crippen molar-refractivity contribution in [3.05, 3.63) is 65.7 Å². The third-order valence-corrected chi connectivity index (χ3v) is 2.79. The van der Waals surface area contributed by atoms with Crippen molar-refractivity contribution >= 4 is 11.6 Å². The molecule has 1 unspecified atom stereocenters. The normalized spacial score (nSPS) is 11.8. The van der Waals surface area contributed by atoms with Crippen LogP contribution in [0.4, 0.5) is 5.69 Å². The molecule has 0 aromatic heterocycles. The lowest BCUT2D eigenvalue weighted by Gasteiger charge is -2.12. The van der Waals surface area contributed by atoms with Crippen LogP contribution in [0.2, 0.25) is 0 Å². The first kappa shape index (κ1) is 13.1. The molecule has 19 heavy (non-hydrogen) atoms. The average Bonchev–Trinajstić information content (AvgIpc) is 2.45. The number of rotatable bonds is 4. The van der Waals surface area contributed by atoms with Gasteiger partial charge in [-0.05, 0) is 23.8 Å². The Morgan fingerprint density at radius 1 is 1.16 bits per heavy atom. The van der Waals surface area contributed by atoms with Gasteiger partial charge >= 0.3 is 0 Å². The third-order valence-electron chi connectivity index (χ3n) is 2.79. The first-order valence-corrected chi connectivity index (χ1v) is 6.03. The summed E-state index contributed by atoms with van der Waals surface area (Å²) in [4.78, 5) is 11.9. The highest BCUT2D eigenvalue weighted by molar-refractivity contribution is 5.94. The minimum atomic E-state index is -0.716. The molecule has 1 amide bonds. The van der Waals surface area contributed by atoms with Gasteiger partial charge in [0.2, 0.25) is 0 Å². The van der Waals surface area contributed by atoms with E-state index in [1.807, 2.05) is 30.3 Å². The van der Waals surface area contributed by atoms with Gasteiger partial charge in [0.1, 0.15) is 0 Å². The molecular formula is C15H16N2O2. The van der Waals surface area contributed by atoms with E-state index in [0.29, 0.717) is 11.3 Å². The van der Waals surface area contributed by atoms with E-state index in [1.54, 1.807) is 24.3 Å². The molecule has 0 saturated heterocycles. The fraction of sp³-hybridized carbons (Fsp3) is 0.133. The van der Waals surface area contributed by atoms with Crippen molar-refractivity contribution in [2.45, 2.75) is 6.10 Å². The zero-order valence-corrected chi connectivity index (χ0v) is 10.4. The van der Waals surface area contributed by atoms with E-state index in [-0.39, 0.29) is 12.5 Å². The fourth-order valence-electron chi connectivity index (χ4n) is 1.76. The van der Waals surface area contributed by atoms with Crippen LogP contribution in [-0.4, -0.2) is 17.6 Å². The summed E-state index contributed by atoms with van der Waals surface area (Å²) in [6.07, 6.45) is -0.716. The van der Waals surface area contributed by atoms with E-state index in [9.17, 15) is 9.90 Å². The first-order chi connectivity index (χ1) is 9.16. The summed E-state index contributed by atoms with van der Waals surface area (Å²) in [5.74, 6) is -0.248. The number of hydrogen-bond donors (Lipinski definition) is 3. The average molecular weight is 256 g/mol. The Bertz CT molecular complexity index is 555. The summed E-state index contributed by atoms with van der Waals surface area (Å²) in [6, 6.07) is 15.9. The molecule has 0 fully saturated rings. The van der Waals surface area contributed by atoms with Gasteiger partial charge in [-0.2, -0.15) is 0 Å². The second kappa shape index (κ2) is 6.02. The molecule has 2 rings (SSSR count). The van der Waals surface area contributed by atoms with Crippen LogP contribution >= 0.6 is 0 Å². The van der Waals surface area contributed by atoms with Crippen LogP contribution in [0.5, 0.6) is 0 Å². The smallest absolute Gasteiger partial charge is 0.251 e. The number of carbonyl (C=O) groups excluding carboxylic acids is 1. The number of hydrogen-bond acceptors (Lipinski definition) is 3. The SMILES string of the molecule is Nc1cccc(C(=O)NCC(O)c2ccccc2)c1. The number of carbonyl (C=O) groups is 1. The second-order valence-electron chi connectivity index (χ2n) is 4.26. The molecule has 4 N–H and O–H groups in total. The summed E-state index contributed by atoms with van der Waals surface area (Å²) in [6.45, 7) is 0.164. The topological polar surface area (TPSA) is 75.4 Å². The van der Waals surface area contributed by atoms with Gasteiger partial charge in [0.05, 0.1) is 6.10 Å². The van der Waals surface area contributed by atoms with Crippen LogP contribution < -0.4 is 11.1 Å². The van der Waals surface area contributed by atoms with E-state index in [4.69, 9.17) is 5.73 Å². The molecular weight excluding hydrogens is 240 g/mol. The van der Waals surface area contributed by atoms with Gasteiger partial charge in [0, 0.05) is 17.8 Å². The van der Waals surface area contributed by atoms with Gasteiger partial charge in [0.25, 0.3) is 5.91 Å². The Kier molecular flexibility index (Phi) is 4.15. The molecule has 2 aromatic carbocycles. The molecule has 0 aliphatic heterocycles. The van der Waals surface area contributed by atoms with Crippen molar-refractivity contribution in [2.75, 3.05) is 12.3 Å². The zero-order valence-electron chi connectivity index (χ0n) is 10.4. The quantitative estimate of drug-likeness (QED) is 0.729. The highest BCUT2D eigenvalue weighted by Crippen LogP contribution is 2.11. The Morgan fingerprint density at radius 2 is 1.89 bits per heavy atom. The van der Waals surface area contributed by atoms with E-state index < -0.39 is 6.10 Å². The minimum absolute atomic E-state index is 0.164. The lowest BCUT2D eigenvalue weighted by Crippen LogP contribution is -2.28. The number of nitrogens with one attached hydrogen (secondary N) is 1. The lowest BCUT2D eigenvalue weighted by atomic mass is 10.1. The highest BCUT2D eigenvalue weighted by Gasteiger charge is 2.10. The minimum Gasteiger partial charge on any atom is -0.399 e. The fourth-order valence-corrected chi connectivity index (χ4v) is 1.76. The number of nitrogens with two attached hydrogens (primary N) is 1. The van der Waals surface area contributed by atoms with E-state index >= 15 is 0 Å². The standard InChI is InChI=1S/C15H16N2O2/c16-13-8-4-7-12(9-13)15(19)17-10-14(18)11-5-2-1-3-6-11/h1-9,14,18H,10,16H2,(H,17,19). The van der Waals surface area contributed by atoms with Gasteiger partial charge in [-0.15, -0.1) is 0 Å².